The van der Waals surface area contributed by atoms with E-state index in [9.17, 15) is 19.9 Å². The highest BCUT2D eigenvalue weighted by atomic mass is 16.6. The molecule has 2 saturated heterocycles. The number of carbonyl (C=O) groups excluding carboxylic acids is 1. The van der Waals surface area contributed by atoms with Crippen LogP contribution in [0.15, 0.2) is 11.1 Å². The molecule has 0 aromatic carbocycles. The monoisotopic (exact) mass is 371 g/mol. The van der Waals surface area contributed by atoms with Gasteiger partial charge in [0.15, 0.2) is 0 Å². The molecular weight excluding hydrogens is 342 g/mol. The van der Waals surface area contributed by atoms with Crippen molar-refractivity contribution in [3.05, 3.63) is 16.4 Å². The van der Waals surface area contributed by atoms with Gasteiger partial charge < -0.3 is 15.0 Å². The van der Waals surface area contributed by atoms with E-state index < -0.39 is 17.3 Å². The van der Waals surface area contributed by atoms with Crippen molar-refractivity contribution in [2.45, 2.75) is 58.4 Å². The molecule has 0 radical (unpaired) electrons. The number of Topliss-reactive ketones (excluding diaryl/α,β-unsaturated/α-hetero) is 1. The Hall–Kier alpha value is -1.20. The largest absolute Gasteiger partial charge is 0.633 e. The number of hydroxylamine groups is 3. The molecule has 1 N–H and O–H groups in total. The summed E-state index contributed by atoms with van der Waals surface area (Å²) >= 11 is 0. The Morgan fingerprint density at radius 3 is 2.70 bits per heavy atom. The number of hydrogen-bond donors (Lipinski definition) is 1. The molecule has 4 fully saturated rings. The second-order valence-electron chi connectivity index (χ2n) is 10.8. The maximum absolute atomic E-state index is 14.2. The fourth-order valence-electron chi connectivity index (χ4n) is 9.23. The van der Waals surface area contributed by atoms with E-state index in [1.807, 2.05) is 0 Å². The molecule has 2 bridgehead atoms. The molecule has 2 saturated carbocycles. The van der Waals surface area contributed by atoms with Gasteiger partial charge in [-0.1, -0.05) is 25.0 Å². The van der Waals surface area contributed by atoms with Gasteiger partial charge in [-0.25, -0.2) is 0 Å². The minimum atomic E-state index is -0.742. The summed E-state index contributed by atoms with van der Waals surface area (Å²) in [4.78, 5) is 26.3. The average Bonchev–Trinajstić information content (AvgIpc) is 3.19. The Kier molecular flexibility index (Phi) is 2.90. The van der Waals surface area contributed by atoms with Crippen LogP contribution in [-0.4, -0.2) is 40.6 Å². The zero-order valence-electron chi connectivity index (χ0n) is 16.2. The molecule has 0 aromatic rings. The molecule has 6 aliphatic rings. The van der Waals surface area contributed by atoms with Crippen LogP contribution in [0.5, 0.6) is 0 Å². The highest BCUT2D eigenvalue weighted by Crippen LogP contribution is 2.75. The molecule has 6 rings (SSSR count). The molecule has 4 aliphatic carbocycles. The highest BCUT2D eigenvalue weighted by Gasteiger charge is 2.79. The second kappa shape index (κ2) is 4.68. The van der Waals surface area contributed by atoms with E-state index in [4.69, 9.17) is 0 Å². The van der Waals surface area contributed by atoms with E-state index in [0.717, 1.165) is 32.1 Å². The van der Waals surface area contributed by atoms with Crippen LogP contribution in [0.4, 0.5) is 0 Å². The number of allylic oxidation sites excluding steroid dienone is 2. The number of carboxylic acid groups (broad SMARTS) is 1. The van der Waals surface area contributed by atoms with Crippen LogP contribution in [0.3, 0.4) is 0 Å². The molecule has 1 spiro atoms. The Morgan fingerprint density at radius 1 is 1.22 bits per heavy atom. The third-order valence-electron chi connectivity index (χ3n) is 10.2. The fourth-order valence-corrected chi connectivity index (χ4v) is 9.23. The molecule has 5 heteroatoms. The summed E-state index contributed by atoms with van der Waals surface area (Å²) in [7, 11) is 0. The first kappa shape index (κ1) is 16.7. The van der Waals surface area contributed by atoms with Crippen molar-refractivity contribution in [3.63, 3.8) is 0 Å². The molecule has 0 amide bonds. The van der Waals surface area contributed by atoms with Gasteiger partial charge >= 0.3 is 5.97 Å². The van der Waals surface area contributed by atoms with Gasteiger partial charge in [-0.15, -0.1) is 0 Å². The number of rotatable bonds is 1. The predicted octanol–water partition coefficient (Wildman–Crippen LogP) is 3.14. The quantitative estimate of drug-likeness (QED) is 0.436. The summed E-state index contributed by atoms with van der Waals surface area (Å²) < 4.78 is -0.126. The molecule has 146 valence electrons. The number of fused-ring (bicyclic) bond motifs is 1. The lowest BCUT2D eigenvalue weighted by Crippen LogP contribution is -2.68. The van der Waals surface area contributed by atoms with Gasteiger partial charge in [0.25, 0.3) is 0 Å². The Bertz CT molecular complexity index is 819. The van der Waals surface area contributed by atoms with E-state index >= 15 is 0 Å². The average molecular weight is 371 g/mol. The summed E-state index contributed by atoms with van der Waals surface area (Å²) in [6, 6.07) is -0.0259. The first-order valence-corrected chi connectivity index (χ1v) is 10.8. The minimum Gasteiger partial charge on any atom is -0.633 e. The van der Waals surface area contributed by atoms with Crippen molar-refractivity contribution in [1.29, 1.82) is 0 Å². The first-order valence-electron chi connectivity index (χ1n) is 10.8. The Morgan fingerprint density at radius 2 is 1.96 bits per heavy atom. The van der Waals surface area contributed by atoms with Crippen molar-refractivity contribution in [2.24, 2.45) is 40.4 Å². The molecule has 27 heavy (non-hydrogen) atoms. The van der Waals surface area contributed by atoms with Crippen LogP contribution in [0.2, 0.25) is 0 Å². The van der Waals surface area contributed by atoms with Gasteiger partial charge in [-0.05, 0) is 38.0 Å². The molecule has 5 unspecified atom stereocenters. The van der Waals surface area contributed by atoms with E-state index in [1.54, 1.807) is 0 Å². The lowest BCUT2D eigenvalue weighted by molar-refractivity contribution is -0.908. The minimum absolute atomic E-state index is 0.0259. The first-order chi connectivity index (χ1) is 12.7. The number of ketones is 1. The van der Waals surface area contributed by atoms with Gasteiger partial charge in [-0.3, -0.25) is 9.59 Å². The van der Waals surface area contributed by atoms with Crippen molar-refractivity contribution in [3.8, 4) is 0 Å². The van der Waals surface area contributed by atoms with Crippen LogP contribution in [0.1, 0.15) is 52.4 Å². The Balaban J connectivity index is 1.66. The zero-order valence-corrected chi connectivity index (χ0v) is 16.2. The molecule has 2 aliphatic heterocycles. The zero-order chi connectivity index (χ0) is 18.9. The standard InChI is InChI=1S/C22H29NO4/c1-11-9-23(27)10-13-5-3-12-4-6-14-16(20(25)26)8-22(18(12)14)19(24)15(11)7-17(23)21(13,22)2/h11,13-17H,3-10H2,1-2H3,(H,25,26)/t11?,13?,14-,15-,16?,17?,21-,22+,23?/m1/s1. The van der Waals surface area contributed by atoms with Gasteiger partial charge in [-0.2, -0.15) is 0 Å². The summed E-state index contributed by atoms with van der Waals surface area (Å²) in [5.41, 5.74) is 1.60. The van der Waals surface area contributed by atoms with Crippen molar-refractivity contribution >= 4 is 11.8 Å². The summed E-state index contributed by atoms with van der Waals surface area (Å²) in [5.74, 6) is -0.540. The lowest BCUT2D eigenvalue weighted by atomic mass is 9.45. The van der Waals surface area contributed by atoms with Crippen LogP contribution >= 0.6 is 0 Å². The van der Waals surface area contributed by atoms with E-state index in [-0.39, 0.29) is 39.8 Å². The third kappa shape index (κ3) is 1.56. The van der Waals surface area contributed by atoms with Crippen molar-refractivity contribution in [1.82, 2.24) is 0 Å². The summed E-state index contributed by atoms with van der Waals surface area (Å²) in [6.07, 6.45) is 5.01. The van der Waals surface area contributed by atoms with Gasteiger partial charge in [0.05, 0.1) is 30.5 Å². The maximum Gasteiger partial charge on any atom is 0.307 e. The topological polar surface area (TPSA) is 77.4 Å². The number of quaternary nitrogens is 1. The normalized spacial score (nSPS) is 57.7. The number of carbonyl (C=O) groups is 2. The lowest BCUT2D eigenvalue weighted by Gasteiger charge is -2.62. The predicted molar refractivity (Wildman–Crippen MR) is 98.2 cm³/mol. The second-order valence-corrected chi connectivity index (χ2v) is 10.8. The number of piperidine rings is 1. The van der Waals surface area contributed by atoms with Crippen LogP contribution in [0.25, 0.3) is 0 Å². The molecule has 9 atom stereocenters. The van der Waals surface area contributed by atoms with E-state index in [0.29, 0.717) is 25.3 Å². The van der Waals surface area contributed by atoms with E-state index in [1.165, 1.54) is 11.1 Å². The smallest absolute Gasteiger partial charge is 0.307 e. The number of hydrogen-bond acceptors (Lipinski definition) is 3. The number of carboxylic acids is 1. The molecule has 5 nitrogen and oxygen atoms in total. The SMILES string of the molecule is CC1C[N+]2([O-])CC3CCC4=C5[C@H](CC4)C(C(=O)O)C[C@@]54C(=O)[C@@H]1CC2[C@@]34C. The van der Waals surface area contributed by atoms with Gasteiger partial charge in [0.1, 0.15) is 5.78 Å². The molecule has 2 heterocycles. The third-order valence-corrected chi connectivity index (χ3v) is 10.2. The Labute approximate surface area is 160 Å². The number of aliphatic carboxylic acids is 1. The van der Waals surface area contributed by atoms with E-state index in [2.05, 4.69) is 13.8 Å². The summed E-state index contributed by atoms with van der Waals surface area (Å²) in [6.45, 7) is 5.51. The maximum atomic E-state index is 14.2. The van der Waals surface area contributed by atoms with Crippen LogP contribution in [-0.2, 0) is 9.59 Å². The molecule has 0 aromatic heterocycles. The van der Waals surface area contributed by atoms with Crippen LogP contribution in [0, 0.1) is 45.6 Å². The number of nitrogens with zero attached hydrogens (tertiary/aromatic N) is 1. The van der Waals surface area contributed by atoms with Crippen LogP contribution < -0.4 is 0 Å². The highest BCUT2D eigenvalue weighted by molar-refractivity contribution is 5.95. The van der Waals surface area contributed by atoms with Gasteiger partial charge in [0.2, 0.25) is 0 Å². The van der Waals surface area contributed by atoms with Crippen molar-refractivity contribution < 1.29 is 19.3 Å². The summed E-state index contributed by atoms with van der Waals surface area (Å²) in [5, 5.41) is 23.9. The fraction of sp³-hybridized carbons (Fsp3) is 0.818. The molecular formula is C22H29NO4. The van der Waals surface area contributed by atoms with Gasteiger partial charge in [0, 0.05) is 29.6 Å². The van der Waals surface area contributed by atoms with Crippen molar-refractivity contribution in [2.75, 3.05) is 13.1 Å².